The first-order valence-electron chi connectivity index (χ1n) is 7.39. The SMILES string of the molecule is CCCCc1n[nH]c(=S)n1/N=C\c1cc(Cl)c(OCC)c(Cl)c1. The highest BCUT2D eigenvalue weighted by Crippen LogP contribution is 2.33. The van der Waals surface area contributed by atoms with Crippen molar-refractivity contribution in [1.82, 2.24) is 14.9 Å². The number of aromatic nitrogens is 3. The number of halogens is 2. The first-order valence-corrected chi connectivity index (χ1v) is 8.55. The van der Waals surface area contributed by atoms with Crippen molar-refractivity contribution in [2.24, 2.45) is 5.10 Å². The van der Waals surface area contributed by atoms with E-state index >= 15 is 0 Å². The summed E-state index contributed by atoms with van der Waals surface area (Å²) in [5.74, 6) is 1.28. The van der Waals surface area contributed by atoms with Gasteiger partial charge in [-0.05, 0) is 43.3 Å². The molecular formula is C15H18Cl2N4OS. The van der Waals surface area contributed by atoms with E-state index in [2.05, 4.69) is 22.2 Å². The number of benzene rings is 1. The third-order valence-electron chi connectivity index (χ3n) is 3.10. The second-order valence-corrected chi connectivity index (χ2v) is 6.05. The number of H-pyrrole nitrogens is 1. The van der Waals surface area contributed by atoms with Crippen LogP contribution in [0.25, 0.3) is 0 Å². The van der Waals surface area contributed by atoms with Crippen LogP contribution >= 0.6 is 35.4 Å². The van der Waals surface area contributed by atoms with Crippen molar-refractivity contribution >= 4 is 41.6 Å². The van der Waals surface area contributed by atoms with Gasteiger partial charge in [0.05, 0.1) is 22.9 Å². The van der Waals surface area contributed by atoms with Gasteiger partial charge in [0, 0.05) is 6.42 Å². The Kier molecular flexibility index (Phi) is 6.62. The van der Waals surface area contributed by atoms with Crippen molar-refractivity contribution in [1.29, 1.82) is 0 Å². The quantitative estimate of drug-likeness (QED) is 0.556. The minimum atomic E-state index is 0.447. The monoisotopic (exact) mass is 372 g/mol. The van der Waals surface area contributed by atoms with Crippen LogP contribution < -0.4 is 4.74 Å². The number of aryl methyl sites for hydroxylation is 1. The van der Waals surface area contributed by atoms with Gasteiger partial charge < -0.3 is 4.74 Å². The molecule has 0 unspecified atom stereocenters. The summed E-state index contributed by atoms with van der Waals surface area (Å²) in [6.45, 7) is 4.50. The Bertz CT molecular complexity index is 731. The normalized spacial score (nSPS) is 11.3. The third kappa shape index (κ3) is 4.56. The lowest BCUT2D eigenvalue weighted by molar-refractivity contribution is 0.340. The summed E-state index contributed by atoms with van der Waals surface area (Å²) < 4.78 is 7.48. The number of hydrogen-bond acceptors (Lipinski definition) is 4. The minimum absolute atomic E-state index is 0.447. The number of hydrogen-bond donors (Lipinski definition) is 1. The van der Waals surface area contributed by atoms with Gasteiger partial charge >= 0.3 is 0 Å². The van der Waals surface area contributed by atoms with Gasteiger partial charge in [-0.3, -0.25) is 5.10 Å². The summed E-state index contributed by atoms with van der Waals surface area (Å²) in [6.07, 6.45) is 4.56. The second-order valence-electron chi connectivity index (χ2n) is 4.85. The van der Waals surface area contributed by atoms with E-state index in [1.165, 1.54) is 0 Å². The van der Waals surface area contributed by atoms with Gasteiger partial charge in [0.2, 0.25) is 4.77 Å². The highest BCUT2D eigenvalue weighted by Gasteiger charge is 2.09. The van der Waals surface area contributed by atoms with Crippen LogP contribution in [-0.2, 0) is 6.42 Å². The van der Waals surface area contributed by atoms with Crippen LogP contribution in [0.4, 0.5) is 0 Å². The molecule has 0 spiro atoms. The van der Waals surface area contributed by atoms with Gasteiger partial charge in [-0.25, -0.2) is 0 Å². The first-order chi connectivity index (χ1) is 11.1. The summed E-state index contributed by atoms with van der Waals surface area (Å²) in [4.78, 5) is 0. The molecule has 0 aliphatic heterocycles. The van der Waals surface area contributed by atoms with Gasteiger partial charge in [-0.2, -0.15) is 14.9 Å². The largest absolute Gasteiger partial charge is 0.491 e. The molecule has 0 amide bonds. The molecule has 0 atom stereocenters. The predicted molar refractivity (Wildman–Crippen MR) is 96.6 cm³/mol. The fraction of sp³-hybridized carbons (Fsp3) is 0.400. The number of nitrogens with zero attached hydrogens (tertiary/aromatic N) is 3. The third-order valence-corrected chi connectivity index (χ3v) is 3.93. The summed E-state index contributed by atoms with van der Waals surface area (Å²) in [7, 11) is 0. The highest BCUT2D eigenvalue weighted by molar-refractivity contribution is 7.71. The minimum Gasteiger partial charge on any atom is -0.491 e. The van der Waals surface area contributed by atoms with Gasteiger partial charge in [0.15, 0.2) is 11.6 Å². The molecule has 5 nitrogen and oxygen atoms in total. The number of rotatable bonds is 7. The maximum atomic E-state index is 6.19. The molecule has 8 heteroatoms. The van der Waals surface area contributed by atoms with E-state index in [9.17, 15) is 0 Å². The average Bonchev–Trinajstić information content (AvgIpc) is 2.87. The Morgan fingerprint density at radius 2 is 2.04 bits per heavy atom. The predicted octanol–water partition coefficient (Wildman–Crippen LogP) is 4.87. The Labute approximate surface area is 150 Å². The fourth-order valence-corrected chi connectivity index (χ4v) is 2.81. The Morgan fingerprint density at radius 3 is 2.65 bits per heavy atom. The topological polar surface area (TPSA) is 55.2 Å². The van der Waals surface area contributed by atoms with Crippen molar-refractivity contribution in [2.45, 2.75) is 33.1 Å². The molecule has 124 valence electrons. The zero-order valence-electron chi connectivity index (χ0n) is 13.0. The highest BCUT2D eigenvalue weighted by atomic mass is 35.5. The smallest absolute Gasteiger partial charge is 0.216 e. The molecule has 0 saturated carbocycles. The molecule has 0 saturated heterocycles. The number of nitrogens with one attached hydrogen (secondary N) is 1. The lowest BCUT2D eigenvalue weighted by Gasteiger charge is -2.08. The number of aromatic amines is 1. The maximum Gasteiger partial charge on any atom is 0.216 e. The molecule has 2 rings (SSSR count). The fourth-order valence-electron chi connectivity index (χ4n) is 2.00. The van der Waals surface area contributed by atoms with E-state index in [-0.39, 0.29) is 0 Å². The summed E-state index contributed by atoms with van der Waals surface area (Å²) in [6, 6.07) is 3.49. The van der Waals surface area contributed by atoms with Crippen LogP contribution in [0, 0.1) is 4.77 Å². The van der Waals surface area contributed by atoms with E-state index < -0.39 is 0 Å². The van der Waals surface area contributed by atoms with Gasteiger partial charge in [0.25, 0.3) is 0 Å². The molecule has 1 aromatic heterocycles. The summed E-state index contributed by atoms with van der Waals surface area (Å²) >= 11 is 17.6. The van der Waals surface area contributed by atoms with Gasteiger partial charge in [-0.1, -0.05) is 36.5 Å². The zero-order chi connectivity index (χ0) is 16.8. The van der Waals surface area contributed by atoms with Crippen LogP contribution in [-0.4, -0.2) is 27.7 Å². The number of ether oxygens (including phenoxy) is 1. The Hall–Kier alpha value is -1.37. The van der Waals surface area contributed by atoms with Crippen molar-refractivity contribution in [3.63, 3.8) is 0 Å². The Balaban J connectivity index is 2.27. The molecule has 0 radical (unpaired) electrons. The summed E-state index contributed by atoms with van der Waals surface area (Å²) in [5, 5.41) is 12.2. The lowest BCUT2D eigenvalue weighted by atomic mass is 10.2. The summed E-state index contributed by atoms with van der Waals surface area (Å²) in [5.41, 5.74) is 0.757. The standard InChI is InChI=1S/C15H18Cl2N4OS/c1-3-5-6-13-19-20-15(23)21(13)18-9-10-7-11(16)14(22-4-2)12(17)8-10/h7-9H,3-6H2,1-2H3,(H,20,23)/b18-9-. The van der Waals surface area contributed by atoms with E-state index in [0.717, 1.165) is 30.7 Å². The van der Waals surface area contributed by atoms with Crippen LogP contribution in [0.5, 0.6) is 5.75 Å². The molecule has 1 N–H and O–H groups in total. The van der Waals surface area contributed by atoms with E-state index in [1.54, 1.807) is 23.0 Å². The van der Waals surface area contributed by atoms with Crippen molar-refractivity contribution in [3.8, 4) is 5.75 Å². The Morgan fingerprint density at radius 1 is 1.35 bits per heavy atom. The molecule has 0 bridgehead atoms. The van der Waals surface area contributed by atoms with E-state index in [0.29, 0.717) is 27.2 Å². The zero-order valence-corrected chi connectivity index (χ0v) is 15.3. The molecule has 0 aliphatic carbocycles. The lowest BCUT2D eigenvalue weighted by Crippen LogP contribution is -1.99. The van der Waals surface area contributed by atoms with Crippen LogP contribution in [0.15, 0.2) is 17.2 Å². The molecule has 0 aliphatic rings. The van der Waals surface area contributed by atoms with Crippen LogP contribution in [0.1, 0.15) is 38.1 Å². The average molecular weight is 373 g/mol. The number of unbranched alkanes of at least 4 members (excludes halogenated alkanes) is 1. The molecule has 23 heavy (non-hydrogen) atoms. The maximum absolute atomic E-state index is 6.19. The molecular weight excluding hydrogens is 355 g/mol. The first kappa shape index (κ1) is 18.0. The molecule has 1 heterocycles. The van der Waals surface area contributed by atoms with E-state index in [1.807, 2.05) is 6.92 Å². The van der Waals surface area contributed by atoms with Crippen LogP contribution in [0.3, 0.4) is 0 Å². The molecule has 1 aromatic carbocycles. The van der Waals surface area contributed by atoms with Crippen molar-refractivity contribution < 1.29 is 4.74 Å². The molecule has 2 aromatic rings. The van der Waals surface area contributed by atoms with Gasteiger partial charge in [-0.15, -0.1) is 0 Å². The molecule has 0 fully saturated rings. The second kappa shape index (κ2) is 8.47. The van der Waals surface area contributed by atoms with Gasteiger partial charge in [0.1, 0.15) is 0 Å². The van der Waals surface area contributed by atoms with E-state index in [4.69, 9.17) is 40.2 Å². The van der Waals surface area contributed by atoms with Crippen molar-refractivity contribution in [2.75, 3.05) is 6.61 Å². The van der Waals surface area contributed by atoms with Crippen LogP contribution in [0.2, 0.25) is 10.0 Å². The van der Waals surface area contributed by atoms with Crippen molar-refractivity contribution in [3.05, 3.63) is 38.3 Å².